The largest absolute Gasteiger partial charge is 0.463 e. The van der Waals surface area contributed by atoms with Crippen LogP contribution in [0.2, 0.25) is 0 Å². The zero-order valence-corrected chi connectivity index (χ0v) is 23.7. The van der Waals surface area contributed by atoms with Gasteiger partial charge in [0.1, 0.15) is 6.04 Å². The number of rotatable bonds is 13. The SMILES string of the molecule is CCCCC(C)N1CCCCC1C(=O)N[C@H](C(=O)N(C)[C@H](/C=C(\C)C(=O)OCC)C(C)C)C(C)C. The lowest BCUT2D eigenvalue weighted by molar-refractivity contribution is -0.140. The first-order valence-corrected chi connectivity index (χ1v) is 13.6. The van der Waals surface area contributed by atoms with Crippen LogP contribution in [0.25, 0.3) is 0 Å². The summed E-state index contributed by atoms with van der Waals surface area (Å²) in [6.45, 7) is 17.1. The molecule has 0 aliphatic carbocycles. The Bertz CT molecular complexity index is 719. The fourth-order valence-corrected chi connectivity index (χ4v) is 4.88. The number of likely N-dealkylation sites (tertiary alicyclic amines) is 1. The van der Waals surface area contributed by atoms with Crippen molar-refractivity contribution >= 4 is 17.8 Å². The number of carbonyl (C=O) groups is 3. The van der Waals surface area contributed by atoms with Crippen LogP contribution in [0.5, 0.6) is 0 Å². The summed E-state index contributed by atoms with van der Waals surface area (Å²) < 4.78 is 5.11. The second-order valence-electron chi connectivity index (χ2n) is 10.7. The van der Waals surface area contributed by atoms with Crippen molar-refractivity contribution < 1.29 is 19.1 Å². The Labute approximate surface area is 214 Å². The molecule has 0 aromatic heterocycles. The van der Waals surface area contributed by atoms with Crippen LogP contribution in [0.3, 0.4) is 0 Å². The van der Waals surface area contributed by atoms with Crippen molar-refractivity contribution in [3.63, 3.8) is 0 Å². The van der Waals surface area contributed by atoms with Crippen molar-refractivity contribution in [2.75, 3.05) is 20.2 Å². The van der Waals surface area contributed by atoms with Crippen molar-refractivity contribution in [2.45, 2.75) is 118 Å². The molecule has 4 atom stereocenters. The van der Waals surface area contributed by atoms with Gasteiger partial charge in [0.15, 0.2) is 0 Å². The number of likely N-dealkylation sites (N-methyl/N-ethyl adjacent to an activating group) is 1. The van der Waals surface area contributed by atoms with Gasteiger partial charge >= 0.3 is 5.97 Å². The standard InChI is InChI=1S/C28H51N3O4/c1-10-12-15-22(8)31-17-14-13-16-23(31)26(32)29-25(20(5)6)27(33)30(9)24(19(3)4)18-21(7)28(34)35-11-2/h18-20,22-25H,10-17H2,1-9H3,(H,29,32)/b21-18+/t22?,23?,24-,25+/m1/s1. The van der Waals surface area contributed by atoms with E-state index in [2.05, 4.69) is 24.1 Å². The molecule has 1 fully saturated rings. The third-order valence-corrected chi connectivity index (χ3v) is 7.11. The van der Waals surface area contributed by atoms with E-state index in [1.807, 2.05) is 27.7 Å². The average molecular weight is 494 g/mol. The predicted octanol–water partition coefficient (Wildman–Crippen LogP) is 4.55. The molecule has 7 nitrogen and oxygen atoms in total. The van der Waals surface area contributed by atoms with Crippen molar-refractivity contribution in [3.8, 4) is 0 Å². The second kappa shape index (κ2) is 15.3. The number of hydrogen-bond donors (Lipinski definition) is 1. The molecule has 1 N–H and O–H groups in total. The first-order valence-electron chi connectivity index (χ1n) is 13.6. The number of ether oxygens (including phenoxy) is 1. The first-order chi connectivity index (χ1) is 16.5. The highest BCUT2D eigenvalue weighted by molar-refractivity contribution is 5.91. The molecule has 1 rings (SSSR count). The summed E-state index contributed by atoms with van der Waals surface area (Å²) in [5, 5.41) is 3.11. The number of amides is 2. The maximum Gasteiger partial charge on any atom is 0.333 e. The van der Waals surface area contributed by atoms with Gasteiger partial charge in [0.2, 0.25) is 11.8 Å². The van der Waals surface area contributed by atoms with Gasteiger partial charge in [0, 0.05) is 18.7 Å². The molecule has 0 aromatic rings. The quantitative estimate of drug-likeness (QED) is 0.301. The van der Waals surface area contributed by atoms with Gasteiger partial charge in [-0.1, -0.05) is 60.0 Å². The molecule has 0 saturated carbocycles. The molecule has 1 aliphatic heterocycles. The first kappa shape index (κ1) is 31.1. The smallest absolute Gasteiger partial charge is 0.333 e. The fraction of sp³-hybridized carbons (Fsp3) is 0.821. The molecule has 0 aromatic carbocycles. The molecule has 1 heterocycles. The topological polar surface area (TPSA) is 79.0 Å². The Kier molecular flexibility index (Phi) is 13.6. The van der Waals surface area contributed by atoms with E-state index in [4.69, 9.17) is 4.74 Å². The van der Waals surface area contributed by atoms with Crippen molar-refractivity contribution in [1.29, 1.82) is 0 Å². The minimum Gasteiger partial charge on any atom is -0.463 e. The van der Waals surface area contributed by atoms with Crippen LogP contribution in [-0.4, -0.2) is 72.0 Å². The lowest BCUT2D eigenvalue weighted by atomic mass is 9.95. The van der Waals surface area contributed by atoms with Crippen molar-refractivity contribution in [1.82, 2.24) is 15.1 Å². The third kappa shape index (κ3) is 9.25. The summed E-state index contributed by atoms with van der Waals surface area (Å²) in [5.74, 6) is -0.534. The molecule has 0 bridgehead atoms. The Morgan fingerprint density at radius 2 is 1.74 bits per heavy atom. The van der Waals surface area contributed by atoms with Gasteiger partial charge in [-0.05, 0) is 58.4 Å². The van der Waals surface area contributed by atoms with Crippen LogP contribution in [0.15, 0.2) is 11.6 Å². The molecular weight excluding hydrogens is 442 g/mol. The number of nitrogens with zero attached hydrogens (tertiary/aromatic N) is 2. The normalized spacial score (nSPS) is 19.9. The van der Waals surface area contributed by atoms with E-state index in [0.29, 0.717) is 18.2 Å². The lowest BCUT2D eigenvalue weighted by Crippen LogP contribution is -2.59. The maximum atomic E-state index is 13.6. The van der Waals surface area contributed by atoms with Crippen LogP contribution in [0.4, 0.5) is 0 Å². The Morgan fingerprint density at radius 3 is 2.29 bits per heavy atom. The van der Waals surface area contributed by atoms with Crippen LogP contribution < -0.4 is 5.32 Å². The van der Waals surface area contributed by atoms with Gasteiger partial charge in [0.25, 0.3) is 0 Å². The molecule has 0 radical (unpaired) electrons. The van der Waals surface area contributed by atoms with E-state index < -0.39 is 6.04 Å². The number of nitrogens with one attached hydrogen (secondary N) is 1. The van der Waals surface area contributed by atoms with Crippen LogP contribution in [0, 0.1) is 11.8 Å². The fourth-order valence-electron chi connectivity index (χ4n) is 4.88. The van der Waals surface area contributed by atoms with E-state index in [1.165, 1.54) is 0 Å². The summed E-state index contributed by atoms with van der Waals surface area (Å²) in [5.41, 5.74) is 0.481. The summed E-state index contributed by atoms with van der Waals surface area (Å²) >= 11 is 0. The summed E-state index contributed by atoms with van der Waals surface area (Å²) in [6.07, 6.45) is 8.15. The monoisotopic (exact) mass is 493 g/mol. The number of carbonyl (C=O) groups excluding carboxylic acids is 3. The molecule has 202 valence electrons. The zero-order chi connectivity index (χ0) is 26.7. The number of esters is 1. The molecule has 1 aliphatic rings. The minimum absolute atomic E-state index is 0.0483. The second-order valence-corrected chi connectivity index (χ2v) is 10.7. The highest BCUT2D eigenvalue weighted by Crippen LogP contribution is 2.23. The Balaban J connectivity index is 3.05. The molecule has 35 heavy (non-hydrogen) atoms. The van der Waals surface area contributed by atoms with Gasteiger partial charge in [-0.25, -0.2) is 4.79 Å². The van der Waals surface area contributed by atoms with Gasteiger partial charge < -0.3 is 15.0 Å². The van der Waals surface area contributed by atoms with E-state index >= 15 is 0 Å². The van der Waals surface area contributed by atoms with Gasteiger partial charge in [-0.3, -0.25) is 14.5 Å². The van der Waals surface area contributed by atoms with E-state index in [1.54, 1.807) is 31.9 Å². The number of unbranched alkanes of at least 4 members (excludes halogenated alkanes) is 1. The molecular formula is C28H51N3O4. The van der Waals surface area contributed by atoms with E-state index in [9.17, 15) is 14.4 Å². The van der Waals surface area contributed by atoms with Gasteiger partial charge in [-0.2, -0.15) is 0 Å². The van der Waals surface area contributed by atoms with Gasteiger partial charge in [-0.15, -0.1) is 0 Å². The lowest BCUT2D eigenvalue weighted by Gasteiger charge is -2.40. The van der Waals surface area contributed by atoms with Crippen LogP contribution >= 0.6 is 0 Å². The molecule has 2 unspecified atom stereocenters. The summed E-state index contributed by atoms with van der Waals surface area (Å²) in [7, 11) is 1.75. The van der Waals surface area contributed by atoms with Crippen molar-refractivity contribution in [3.05, 3.63) is 11.6 Å². The molecule has 0 spiro atoms. The number of hydrogen-bond acceptors (Lipinski definition) is 5. The Morgan fingerprint density at radius 1 is 1.09 bits per heavy atom. The summed E-state index contributed by atoms with van der Waals surface area (Å²) in [4.78, 5) is 43.3. The predicted molar refractivity (Wildman–Crippen MR) is 142 cm³/mol. The van der Waals surface area contributed by atoms with E-state index in [0.717, 1.165) is 45.1 Å². The minimum atomic E-state index is -0.625. The molecule has 1 saturated heterocycles. The zero-order valence-electron chi connectivity index (χ0n) is 23.7. The average Bonchev–Trinajstić information content (AvgIpc) is 2.82. The maximum absolute atomic E-state index is 13.6. The highest BCUT2D eigenvalue weighted by Gasteiger charge is 2.36. The third-order valence-electron chi connectivity index (χ3n) is 7.11. The van der Waals surface area contributed by atoms with Crippen LogP contribution in [0.1, 0.15) is 93.9 Å². The van der Waals surface area contributed by atoms with Crippen LogP contribution in [-0.2, 0) is 19.1 Å². The number of piperidine rings is 1. The Hall–Kier alpha value is -1.89. The van der Waals surface area contributed by atoms with Crippen molar-refractivity contribution in [2.24, 2.45) is 11.8 Å². The molecule has 2 amide bonds. The van der Waals surface area contributed by atoms with E-state index in [-0.39, 0.29) is 41.7 Å². The summed E-state index contributed by atoms with van der Waals surface area (Å²) in [6, 6.07) is -0.755. The highest BCUT2D eigenvalue weighted by atomic mass is 16.5. The van der Waals surface area contributed by atoms with Gasteiger partial charge in [0.05, 0.1) is 18.7 Å². The molecule has 7 heteroatoms.